The van der Waals surface area contributed by atoms with E-state index in [0.717, 1.165) is 150 Å². The van der Waals surface area contributed by atoms with Crippen LogP contribution in [0.4, 0.5) is 45.5 Å². The van der Waals surface area contributed by atoms with Crippen LogP contribution in [0.15, 0.2) is 255 Å². The van der Waals surface area contributed by atoms with Crippen molar-refractivity contribution in [2.45, 2.75) is 62.3 Å². The summed E-state index contributed by atoms with van der Waals surface area (Å²) in [6.07, 6.45) is 0. The minimum absolute atomic E-state index is 0.127. The van der Waals surface area contributed by atoms with Crippen LogP contribution in [0.3, 0.4) is 0 Å². The zero-order chi connectivity index (χ0) is 85.4. The molecule has 0 saturated carbocycles. The summed E-state index contributed by atoms with van der Waals surface area (Å²) in [4.78, 5) is 0. The van der Waals surface area contributed by atoms with Crippen molar-refractivity contribution < 1.29 is 30.6 Å². The topological polar surface area (TPSA) is 330 Å². The average molecular weight is 1670 g/mol. The summed E-state index contributed by atoms with van der Waals surface area (Å²) in [5, 5.41) is 64.5. The zero-order valence-electron chi connectivity index (χ0n) is 66.4. The van der Waals surface area contributed by atoms with Gasteiger partial charge in [0.25, 0.3) is 0 Å². The number of aryl methyl sites for hydroxylation is 9. The highest BCUT2D eigenvalue weighted by Gasteiger charge is 2.16. The predicted octanol–water partition coefficient (Wildman–Crippen LogP) is 26.2. The molecular weight excluding hydrogens is 1570 g/mol. The Hall–Kier alpha value is -13.1. The van der Waals surface area contributed by atoms with Gasteiger partial charge in [-0.05, 0) is 381 Å². The standard InChI is InChI=1S/C22H24N2.C19H15Cl3N2.C19H17ClN2.C15H12O3.C13H13ClN2.C11H10O3/c1-13-11-20(18-6-8-22(24)16(4)10-18)14(2)12-19(13)17-5-7-21(23)15(3)9-17;1-10-6-11(2-4-18(10)23)13-8-16(21)14(9-15(13)20)12-3-5-19(24)17(22)7-12;1-12-10-15(6-8-18(12)21)13-2-4-14(5-3-13)16-7-9-19(22)17(20)11-16;1-8-2-9-3-11-6-14(17)15(18)7-12(11)4-10(9)5-13(8)16;1-8-6-9(2-4-12(8)15)10-3-5-13(16)11(14)7-10;1-6-2-7-4-10(13)11(14)5-8(7)3-9(6)12/h5-12H,23-24H2,1-4H3;2-9H,23-24H2,1H3;2-11H,21-22H2,1H3;2-7,16-18H,1H3;2-7H,15-16H2,1H3;2-5,12-14H,1H3. The van der Waals surface area contributed by atoms with Gasteiger partial charge in [0.05, 0.1) is 32.1 Å². The minimum atomic E-state index is -0.180. The molecule has 598 valence electrons. The van der Waals surface area contributed by atoms with Crippen LogP contribution in [0.25, 0.3) is 110 Å². The minimum Gasteiger partial charge on any atom is -0.508 e. The van der Waals surface area contributed by atoms with E-state index < -0.39 is 0 Å². The molecule has 0 unspecified atom stereocenters. The number of phenolic OH excluding ortho intramolecular Hbond substituents is 6. The Kier molecular flexibility index (Phi) is 26.8. The van der Waals surface area contributed by atoms with Gasteiger partial charge in [0, 0.05) is 49.6 Å². The van der Waals surface area contributed by atoms with Gasteiger partial charge in [-0.25, -0.2) is 0 Å². The Balaban J connectivity index is 0.000000140. The molecule has 0 aromatic heterocycles. The molecule has 14 nitrogen and oxygen atoms in total. The summed E-state index contributed by atoms with van der Waals surface area (Å²) in [5.41, 5.74) is 76.8. The summed E-state index contributed by atoms with van der Waals surface area (Å²) >= 11 is 31.2. The number of benzene rings is 16. The largest absolute Gasteiger partial charge is 0.508 e. The third-order valence-corrected chi connectivity index (χ3v) is 22.2. The number of aromatic hydroxyl groups is 6. The maximum atomic E-state index is 9.70. The number of hydrogen-bond acceptors (Lipinski definition) is 14. The molecule has 0 saturated heterocycles. The van der Waals surface area contributed by atoms with Gasteiger partial charge in [-0.2, -0.15) is 0 Å². The molecule has 0 bridgehead atoms. The van der Waals surface area contributed by atoms with E-state index >= 15 is 0 Å². The second kappa shape index (κ2) is 36.8. The molecule has 0 atom stereocenters. The van der Waals surface area contributed by atoms with Crippen molar-refractivity contribution in [3.8, 4) is 112 Å². The lowest BCUT2D eigenvalue weighted by Gasteiger charge is -2.15. The van der Waals surface area contributed by atoms with E-state index in [-0.39, 0.29) is 34.5 Å². The third-order valence-electron chi connectivity index (χ3n) is 20.6. The Bertz CT molecular complexity index is 5870. The van der Waals surface area contributed by atoms with Gasteiger partial charge in [0.2, 0.25) is 0 Å². The fourth-order valence-electron chi connectivity index (χ4n) is 13.2. The van der Waals surface area contributed by atoms with Crippen molar-refractivity contribution in [3.05, 3.63) is 330 Å². The molecule has 16 rings (SSSR count). The molecule has 16 aromatic carbocycles. The molecule has 0 aliphatic rings. The smallest absolute Gasteiger partial charge is 0.158 e. The van der Waals surface area contributed by atoms with E-state index in [4.69, 9.17) is 104 Å². The fourth-order valence-corrected chi connectivity index (χ4v) is 14.3. The monoisotopic (exact) mass is 1660 g/mol. The van der Waals surface area contributed by atoms with E-state index in [1.165, 1.54) is 57.6 Å². The van der Waals surface area contributed by atoms with E-state index in [1.54, 1.807) is 37.3 Å². The van der Waals surface area contributed by atoms with Gasteiger partial charge >= 0.3 is 0 Å². The molecule has 22 N–H and O–H groups in total. The van der Waals surface area contributed by atoms with Crippen LogP contribution in [-0.4, -0.2) is 30.6 Å². The summed E-state index contributed by atoms with van der Waals surface area (Å²) < 4.78 is 0. The zero-order valence-corrected chi connectivity index (χ0v) is 70.2. The van der Waals surface area contributed by atoms with Crippen molar-refractivity contribution in [1.29, 1.82) is 0 Å². The van der Waals surface area contributed by atoms with Crippen molar-refractivity contribution in [3.63, 3.8) is 0 Å². The number of halogens is 5. The molecule has 0 radical (unpaired) electrons. The van der Waals surface area contributed by atoms with Crippen LogP contribution in [-0.2, 0) is 0 Å². The lowest BCUT2D eigenvalue weighted by Crippen LogP contribution is -1.94. The Morgan fingerprint density at radius 1 is 0.161 bits per heavy atom. The summed E-state index contributed by atoms with van der Waals surface area (Å²) in [6, 6.07) is 80.2. The number of anilines is 8. The molecule has 16 aromatic rings. The molecule has 0 aliphatic heterocycles. The van der Waals surface area contributed by atoms with Gasteiger partial charge in [-0.15, -0.1) is 0 Å². The number of nitrogen functional groups attached to an aromatic ring is 8. The molecule has 118 heavy (non-hydrogen) atoms. The summed E-state index contributed by atoms with van der Waals surface area (Å²) in [7, 11) is 0. The number of hydrogen-bond donors (Lipinski definition) is 14. The van der Waals surface area contributed by atoms with Gasteiger partial charge in [0.15, 0.2) is 23.0 Å². The van der Waals surface area contributed by atoms with E-state index in [2.05, 4.69) is 80.6 Å². The lowest BCUT2D eigenvalue weighted by atomic mass is 9.91. The Morgan fingerprint density at radius 3 is 0.669 bits per heavy atom. The highest BCUT2D eigenvalue weighted by Crippen LogP contribution is 2.43. The van der Waals surface area contributed by atoms with Gasteiger partial charge in [0.1, 0.15) is 11.5 Å². The number of fused-ring (bicyclic) bond motifs is 3. The molecule has 19 heteroatoms. The summed E-state index contributed by atoms with van der Waals surface area (Å²) in [6.45, 7) is 18.0. The number of phenols is 6. The Labute approximate surface area is 711 Å². The normalized spacial score (nSPS) is 10.8. The van der Waals surface area contributed by atoms with Crippen molar-refractivity contribution in [2.24, 2.45) is 0 Å². The molecule has 0 spiro atoms. The van der Waals surface area contributed by atoms with Crippen LogP contribution in [0.5, 0.6) is 34.5 Å². The molecule has 0 aliphatic carbocycles. The SMILES string of the molecule is Cc1cc(-c2cc(C)c(-c3ccc(N)c(C)c3)cc2C)ccc1N.Cc1cc(-c2cc(Cl)c(-c3ccc(N)c(Cl)c3)cc2Cl)ccc1N.Cc1cc(-c2ccc(-c3ccc(N)c(Cl)c3)cc2)ccc1N.Cc1cc(-c2ccc(N)c(Cl)c2)ccc1N.Cc1cc2cc(O)c(O)cc2cc1O.Cc1cc2cc3cc(O)c(O)cc3cc2cc1O. The maximum Gasteiger partial charge on any atom is 0.158 e. The number of rotatable bonds is 7. The van der Waals surface area contributed by atoms with Crippen LogP contribution < -0.4 is 45.9 Å². The van der Waals surface area contributed by atoms with Crippen LogP contribution >= 0.6 is 58.0 Å². The quantitative estimate of drug-likeness (QED) is 0.0401. The van der Waals surface area contributed by atoms with E-state index in [0.29, 0.717) is 47.6 Å². The van der Waals surface area contributed by atoms with Gasteiger partial charge in [-0.3, -0.25) is 0 Å². The average Bonchev–Trinajstić information content (AvgIpc) is 0.812. The molecular formula is C99H91Cl5N8O6. The van der Waals surface area contributed by atoms with E-state index in [9.17, 15) is 30.6 Å². The predicted molar refractivity (Wildman–Crippen MR) is 502 cm³/mol. The second-order valence-electron chi connectivity index (χ2n) is 29.3. The first-order valence-electron chi connectivity index (χ1n) is 37.4. The molecule has 0 amide bonds. The van der Waals surface area contributed by atoms with Crippen molar-refractivity contribution >= 4 is 136 Å². The third kappa shape index (κ3) is 20.4. The molecule has 0 heterocycles. The molecule has 0 fully saturated rings. The first-order chi connectivity index (χ1) is 56.0. The summed E-state index contributed by atoms with van der Waals surface area (Å²) in [5.74, 6) is -0.161. The van der Waals surface area contributed by atoms with Crippen LogP contribution in [0.2, 0.25) is 25.1 Å². The van der Waals surface area contributed by atoms with Crippen molar-refractivity contribution in [2.75, 3.05) is 45.9 Å². The highest BCUT2D eigenvalue weighted by atomic mass is 35.5. The van der Waals surface area contributed by atoms with Crippen LogP contribution in [0.1, 0.15) is 50.1 Å². The first-order valence-corrected chi connectivity index (χ1v) is 39.3. The fraction of sp³-hybridized carbons (Fsp3) is 0.0909. The number of nitrogens with two attached hydrogens (primary N) is 8. The first kappa shape index (κ1) is 85.8. The van der Waals surface area contributed by atoms with Gasteiger partial charge < -0.3 is 76.5 Å². The van der Waals surface area contributed by atoms with Crippen LogP contribution in [0, 0.1) is 62.3 Å². The van der Waals surface area contributed by atoms with Gasteiger partial charge in [-0.1, -0.05) is 143 Å². The Morgan fingerprint density at radius 2 is 0.364 bits per heavy atom. The second-order valence-corrected chi connectivity index (χ2v) is 31.3. The lowest BCUT2D eigenvalue weighted by molar-refractivity contribution is 0.405. The highest BCUT2D eigenvalue weighted by molar-refractivity contribution is 6.38. The van der Waals surface area contributed by atoms with E-state index in [1.807, 2.05) is 175 Å². The maximum absolute atomic E-state index is 9.70. The van der Waals surface area contributed by atoms with Crippen molar-refractivity contribution in [1.82, 2.24) is 0 Å².